The monoisotopic (exact) mass is 212 g/mol. The average molecular weight is 212 g/mol. The molecular weight excluding hydrogens is 196 g/mol. The predicted molar refractivity (Wildman–Crippen MR) is 58.4 cm³/mol. The summed E-state index contributed by atoms with van der Waals surface area (Å²) in [7, 11) is 0. The molecule has 1 aromatic rings. The summed E-state index contributed by atoms with van der Waals surface area (Å²) < 4.78 is 1.87. The van der Waals surface area contributed by atoms with Gasteiger partial charge in [0.25, 0.3) is 0 Å². The Morgan fingerprint density at radius 3 is 3.00 bits per heavy atom. The standard InChI is InChI=1S/C9H16N4S/c1-7-14-8-2-9(1)10-3-5-13-6-4-11-12-13/h4,6,9-10H,1-3,5,7-8H2. The topological polar surface area (TPSA) is 42.7 Å². The second-order valence-corrected chi connectivity index (χ2v) is 4.73. The van der Waals surface area contributed by atoms with Crippen LogP contribution in [-0.4, -0.2) is 39.1 Å². The highest BCUT2D eigenvalue weighted by Crippen LogP contribution is 2.16. The van der Waals surface area contributed by atoms with Gasteiger partial charge in [0.1, 0.15) is 0 Å². The van der Waals surface area contributed by atoms with E-state index in [1.165, 1.54) is 24.3 Å². The van der Waals surface area contributed by atoms with Crippen LogP contribution in [0, 0.1) is 0 Å². The van der Waals surface area contributed by atoms with Gasteiger partial charge in [-0.15, -0.1) is 5.10 Å². The third-order valence-corrected chi connectivity index (χ3v) is 3.52. The molecule has 0 unspecified atom stereocenters. The maximum absolute atomic E-state index is 3.92. The summed E-state index contributed by atoms with van der Waals surface area (Å²) in [5.74, 6) is 2.61. The van der Waals surface area contributed by atoms with Gasteiger partial charge in [-0.05, 0) is 24.3 Å². The SMILES string of the molecule is c1cn(CCNC2CCSCC2)nn1. The molecule has 1 aliphatic heterocycles. The Balaban J connectivity index is 1.62. The van der Waals surface area contributed by atoms with Gasteiger partial charge in [-0.3, -0.25) is 4.68 Å². The van der Waals surface area contributed by atoms with Crippen LogP contribution in [0.2, 0.25) is 0 Å². The summed E-state index contributed by atoms with van der Waals surface area (Å²) in [6.07, 6.45) is 6.24. The average Bonchev–Trinajstić information content (AvgIpc) is 2.72. The van der Waals surface area contributed by atoms with E-state index in [0.29, 0.717) is 0 Å². The molecule has 1 fully saturated rings. The molecule has 1 N–H and O–H groups in total. The molecule has 1 aliphatic rings. The predicted octanol–water partition coefficient (Wildman–Crippen LogP) is 0.763. The number of thioether (sulfide) groups is 1. The second kappa shape index (κ2) is 5.36. The molecular formula is C9H16N4S. The normalized spacial score (nSPS) is 18.6. The van der Waals surface area contributed by atoms with Crippen LogP contribution in [0.25, 0.3) is 0 Å². The third-order valence-electron chi connectivity index (χ3n) is 2.47. The number of aromatic nitrogens is 3. The lowest BCUT2D eigenvalue weighted by Gasteiger charge is -2.22. The van der Waals surface area contributed by atoms with Crippen LogP contribution in [0.1, 0.15) is 12.8 Å². The number of hydrogen-bond acceptors (Lipinski definition) is 4. The van der Waals surface area contributed by atoms with Crippen molar-refractivity contribution in [3.05, 3.63) is 12.4 Å². The molecule has 2 heterocycles. The first-order chi connectivity index (χ1) is 6.95. The lowest BCUT2D eigenvalue weighted by atomic mass is 10.1. The van der Waals surface area contributed by atoms with Crippen molar-refractivity contribution >= 4 is 11.8 Å². The van der Waals surface area contributed by atoms with Gasteiger partial charge in [0, 0.05) is 18.8 Å². The van der Waals surface area contributed by atoms with Crippen LogP contribution in [0.3, 0.4) is 0 Å². The van der Waals surface area contributed by atoms with Crippen LogP contribution in [0.4, 0.5) is 0 Å². The van der Waals surface area contributed by atoms with Crippen LogP contribution in [-0.2, 0) is 6.54 Å². The summed E-state index contributed by atoms with van der Waals surface area (Å²) in [4.78, 5) is 0. The van der Waals surface area contributed by atoms with Gasteiger partial charge in [-0.2, -0.15) is 11.8 Å². The Morgan fingerprint density at radius 2 is 2.29 bits per heavy atom. The van der Waals surface area contributed by atoms with Crippen molar-refractivity contribution in [2.75, 3.05) is 18.1 Å². The Labute approximate surface area is 88.4 Å². The quantitative estimate of drug-likeness (QED) is 0.800. The minimum Gasteiger partial charge on any atom is -0.312 e. The van der Waals surface area contributed by atoms with Gasteiger partial charge in [0.05, 0.1) is 12.7 Å². The van der Waals surface area contributed by atoms with Crippen molar-refractivity contribution in [2.45, 2.75) is 25.4 Å². The van der Waals surface area contributed by atoms with E-state index in [2.05, 4.69) is 27.4 Å². The fourth-order valence-corrected chi connectivity index (χ4v) is 2.74. The molecule has 0 saturated carbocycles. The van der Waals surface area contributed by atoms with E-state index >= 15 is 0 Å². The van der Waals surface area contributed by atoms with E-state index in [-0.39, 0.29) is 0 Å². The second-order valence-electron chi connectivity index (χ2n) is 3.51. The summed E-state index contributed by atoms with van der Waals surface area (Å²) >= 11 is 2.06. The van der Waals surface area contributed by atoms with E-state index in [4.69, 9.17) is 0 Å². The number of rotatable bonds is 4. The van der Waals surface area contributed by atoms with Crippen molar-refractivity contribution in [3.8, 4) is 0 Å². The van der Waals surface area contributed by atoms with Gasteiger partial charge in [0.15, 0.2) is 0 Å². The molecule has 1 aromatic heterocycles. The van der Waals surface area contributed by atoms with Crippen LogP contribution >= 0.6 is 11.8 Å². The molecule has 2 rings (SSSR count). The van der Waals surface area contributed by atoms with Crippen molar-refractivity contribution in [2.24, 2.45) is 0 Å². The first kappa shape index (κ1) is 9.98. The highest BCUT2D eigenvalue weighted by Gasteiger charge is 2.11. The van der Waals surface area contributed by atoms with Gasteiger partial charge in [-0.1, -0.05) is 5.21 Å². The number of nitrogens with one attached hydrogen (secondary N) is 1. The van der Waals surface area contributed by atoms with Crippen LogP contribution in [0.5, 0.6) is 0 Å². The number of nitrogens with zero attached hydrogens (tertiary/aromatic N) is 3. The van der Waals surface area contributed by atoms with Crippen molar-refractivity contribution in [3.63, 3.8) is 0 Å². The zero-order valence-electron chi connectivity index (χ0n) is 8.22. The van der Waals surface area contributed by atoms with E-state index in [9.17, 15) is 0 Å². The molecule has 0 atom stereocenters. The van der Waals surface area contributed by atoms with E-state index in [1.807, 2.05) is 10.9 Å². The van der Waals surface area contributed by atoms with Gasteiger partial charge in [-0.25, -0.2) is 0 Å². The molecule has 0 aliphatic carbocycles. The maximum Gasteiger partial charge on any atom is 0.0692 e. The zero-order valence-corrected chi connectivity index (χ0v) is 9.04. The molecule has 1 saturated heterocycles. The third kappa shape index (κ3) is 2.99. The largest absolute Gasteiger partial charge is 0.312 e. The van der Waals surface area contributed by atoms with E-state index < -0.39 is 0 Å². The maximum atomic E-state index is 3.92. The smallest absolute Gasteiger partial charge is 0.0692 e. The summed E-state index contributed by atoms with van der Waals surface area (Å²) in [6.45, 7) is 1.92. The Hall–Kier alpha value is -0.550. The number of hydrogen-bond donors (Lipinski definition) is 1. The first-order valence-electron chi connectivity index (χ1n) is 5.10. The minimum atomic E-state index is 0.722. The molecule has 5 heteroatoms. The Kier molecular flexibility index (Phi) is 3.82. The van der Waals surface area contributed by atoms with Gasteiger partial charge >= 0.3 is 0 Å². The highest BCUT2D eigenvalue weighted by molar-refractivity contribution is 7.99. The highest BCUT2D eigenvalue weighted by atomic mass is 32.2. The van der Waals surface area contributed by atoms with E-state index in [1.54, 1.807) is 6.20 Å². The van der Waals surface area contributed by atoms with Gasteiger partial charge < -0.3 is 5.32 Å². The molecule has 0 spiro atoms. The molecule has 0 aromatic carbocycles. The minimum absolute atomic E-state index is 0.722. The summed E-state index contributed by atoms with van der Waals surface area (Å²) in [5.41, 5.74) is 0. The first-order valence-corrected chi connectivity index (χ1v) is 6.26. The fourth-order valence-electron chi connectivity index (χ4n) is 1.64. The fraction of sp³-hybridized carbons (Fsp3) is 0.778. The van der Waals surface area contributed by atoms with Crippen molar-refractivity contribution < 1.29 is 0 Å². The summed E-state index contributed by atoms with van der Waals surface area (Å²) in [5, 5.41) is 11.2. The van der Waals surface area contributed by atoms with Gasteiger partial charge in [0.2, 0.25) is 0 Å². The molecule has 4 nitrogen and oxygen atoms in total. The van der Waals surface area contributed by atoms with Crippen molar-refractivity contribution in [1.29, 1.82) is 0 Å². The molecule has 0 bridgehead atoms. The van der Waals surface area contributed by atoms with Crippen LogP contribution in [0.15, 0.2) is 12.4 Å². The summed E-state index contributed by atoms with van der Waals surface area (Å²) in [6, 6.07) is 0.722. The Bertz CT molecular complexity index is 243. The molecule has 0 amide bonds. The van der Waals surface area contributed by atoms with Crippen LogP contribution < -0.4 is 5.32 Å². The van der Waals surface area contributed by atoms with E-state index in [0.717, 1.165) is 19.1 Å². The zero-order chi connectivity index (χ0) is 9.64. The lowest BCUT2D eigenvalue weighted by molar-refractivity contribution is 0.449. The molecule has 0 radical (unpaired) electrons. The lowest BCUT2D eigenvalue weighted by Crippen LogP contribution is -2.34. The Morgan fingerprint density at radius 1 is 1.43 bits per heavy atom. The molecule has 14 heavy (non-hydrogen) atoms. The van der Waals surface area contributed by atoms with Crippen molar-refractivity contribution in [1.82, 2.24) is 20.3 Å². The molecule has 78 valence electrons.